The molecule has 1 aliphatic rings. The Morgan fingerprint density at radius 1 is 1.15 bits per heavy atom. The van der Waals surface area contributed by atoms with E-state index in [-0.39, 0.29) is 5.69 Å². The Morgan fingerprint density at radius 3 is 2.73 bits per heavy atom. The molecule has 172 valence electrons. The molecule has 7 nitrogen and oxygen atoms in total. The minimum absolute atomic E-state index is 0.150. The minimum atomic E-state index is -4.86. The molecule has 1 aliphatic heterocycles. The van der Waals surface area contributed by atoms with Crippen LogP contribution in [0.1, 0.15) is 16.8 Å². The molecule has 0 fully saturated rings. The fourth-order valence-electron chi connectivity index (χ4n) is 3.50. The Morgan fingerprint density at radius 2 is 1.97 bits per heavy atom. The summed E-state index contributed by atoms with van der Waals surface area (Å²) in [6.45, 7) is 0.892. The Kier molecular flexibility index (Phi) is 6.14. The second-order valence-corrected chi connectivity index (χ2v) is 7.29. The zero-order valence-corrected chi connectivity index (χ0v) is 17.4. The third-order valence-electron chi connectivity index (χ3n) is 4.99. The van der Waals surface area contributed by atoms with E-state index in [9.17, 15) is 22.4 Å². The normalized spacial score (nSPS) is 13.1. The highest BCUT2D eigenvalue weighted by Crippen LogP contribution is 2.35. The fraction of sp³-hybridized carbons (Fsp3) is 0.227. The van der Waals surface area contributed by atoms with Crippen LogP contribution in [0.5, 0.6) is 11.6 Å². The molecule has 0 radical (unpaired) electrons. The molecule has 0 saturated heterocycles. The number of alkyl halides is 3. The highest BCUT2D eigenvalue weighted by Gasteiger charge is 2.34. The summed E-state index contributed by atoms with van der Waals surface area (Å²) in [5.41, 5.74) is 0.620. The van der Waals surface area contributed by atoms with E-state index in [1.807, 2.05) is 0 Å². The van der Waals surface area contributed by atoms with Crippen LogP contribution < -0.4 is 20.3 Å². The zero-order chi connectivity index (χ0) is 23.6. The first-order valence-electron chi connectivity index (χ1n) is 9.96. The van der Waals surface area contributed by atoms with Gasteiger partial charge in [0.1, 0.15) is 17.9 Å². The fourth-order valence-corrected chi connectivity index (χ4v) is 3.50. The van der Waals surface area contributed by atoms with Gasteiger partial charge in [-0.15, -0.1) is 0 Å². The number of halogens is 4. The van der Waals surface area contributed by atoms with Crippen molar-refractivity contribution in [3.05, 3.63) is 71.4 Å². The lowest BCUT2D eigenvalue weighted by Crippen LogP contribution is -2.33. The number of carbonyl (C=O) groups excluding carboxylic acids is 1. The van der Waals surface area contributed by atoms with Crippen molar-refractivity contribution in [2.45, 2.75) is 19.1 Å². The molecule has 33 heavy (non-hydrogen) atoms. The third-order valence-corrected chi connectivity index (χ3v) is 4.99. The summed E-state index contributed by atoms with van der Waals surface area (Å²) in [7, 11) is 1.80. The minimum Gasteiger partial charge on any atom is -0.439 e. The maximum Gasteiger partial charge on any atom is 0.419 e. The Bertz CT molecular complexity index is 1190. The average molecular weight is 461 g/mol. The SMILES string of the molecule is CNCc1cc(Oc2ccc3c(c2)CCN3C(=O)Nc2ccc(F)c(C(F)(F)F)c2)ncn1. The van der Waals surface area contributed by atoms with Crippen molar-refractivity contribution in [2.24, 2.45) is 0 Å². The van der Waals surface area contributed by atoms with Gasteiger partial charge in [0.25, 0.3) is 0 Å². The van der Waals surface area contributed by atoms with E-state index in [2.05, 4.69) is 20.6 Å². The molecule has 0 spiro atoms. The molecule has 2 aromatic carbocycles. The van der Waals surface area contributed by atoms with Gasteiger partial charge < -0.3 is 15.4 Å². The largest absolute Gasteiger partial charge is 0.439 e. The first-order chi connectivity index (χ1) is 15.7. The second-order valence-electron chi connectivity index (χ2n) is 7.29. The van der Waals surface area contributed by atoms with Crippen molar-refractivity contribution >= 4 is 17.4 Å². The molecule has 0 bridgehead atoms. The monoisotopic (exact) mass is 461 g/mol. The Balaban J connectivity index is 1.48. The molecule has 0 saturated carbocycles. The van der Waals surface area contributed by atoms with Crippen LogP contribution in [-0.2, 0) is 19.1 Å². The number of amides is 2. The van der Waals surface area contributed by atoms with Crippen LogP contribution in [0.2, 0.25) is 0 Å². The third kappa shape index (κ3) is 5.03. The van der Waals surface area contributed by atoms with Crippen molar-refractivity contribution in [3.63, 3.8) is 0 Å². The lowest BCUT2D eigenvalue weighted by Gasteiger charge is -2.19. The number of nitrogens with zero attached hydrogens (tertiary/aromatic N) is 3. The molecule has 11 heteroatoms. The van der Waals surface area contributed by atoms with E-state index in [1.165, 1.54) is 11.2 Å². The number of hydrogen-bond acceptors (Lipinski definition) is 5. The summed E-state index contributed by atoms with van der Waals surface area (Å²) < 4.78 is 58.1. The summed E-state index contributed by atoms with van der Waals surface area (Å²) in [6, 6.07) is 8.57. The smallest absolute Gasteiger partial charge is 0.419 e. The van der Waals surface area contributed by atoms with E-state index < -0.39 is 23.6 Å². The molecule has 4 rings (SSSR count). The van der Waals surface area contributed by atoms with E-state index in [0.717, 1.165) is 17.3 Å². The quantitative estimate of drug-likeness (QED) is 0.537. The summed E-state index contributed by atoms with van der Waals surface area (Å²) in [6.07, 6.45) is -2.92. The molecule has 2 heterocycles. The topological polar surface area (TPSA) is 79.4 Å². The lowest BCUT2D eigenvalue weighted by atomic mass is 10.1. The van der Waals surface area contributed by atoms with Crippen molar-refractivity contribution < 1.29 is 27.1 Å². The van der Waals surface area contributed by atoms with Gasteiger partial charge in [-0.1, -0.05) is 0 Å². The molecule has 3 aromatic rings. The number of urea groups is 1. The summed E-state index contributed by atoms with van der Waals surface area (Å²) in [5, 5.41) is 5.39. The van der Waals surface area contributed by atoms with Gasteiger partial charge in [-0.25, -0.2) is 19.2 Å². The Hall–Kier alpha value is -3.73. The number of aromatic nitrogens is 2. The van der Waals surface area contributed by atoms with Crippen molar-refractivity contribution in [2.75, 3.05) is 23.8 Å². The van der Waals surface area contributed by atoms with Gasteiger partial charge in [0.2, 0.25) is 5.88 Å². The number of nitrogens with one attached hydrogen (secondary N) is 2. The predicted octanol–water partition coefficient (Wildman–Crippen LogP) is 4.74. The van der Waals surface area contributed by atoms with Gasteiger partial charge in [0, 0.05) is 30.5 Å². The first kappa shape index (κ1) is 22.5. The number of benzene rings is 2. The molecule has 2 N–H and O–H groups in total. The Labute approximate surface area is 186 Å². The predicted molar refractivity (Wildman–Crippen MR) is 113 cm³/mol. The van der Waals surface area contributed by atoms with Crippen molar-refractivity contribution in [1.29, 1.82) is 0 Å². The summed E-state index contributed by atoms with van der Waals surface area (Å²) in [4.78, 5) is 22.3. The number of fused-ring (bicyclic) bond motifs is 1. The number of anilines is 2. The molecular weight excluding hydrogens is 442 g/mol. The summed E-state index contributed by atoms with van der Waals surface area (Å²) in [5.74, 6) is -0.501. The van der Waals surface area contributed by atoms with Gasteiger partial charge in [-0.2, -0.15) is 13.2 Å². The zero-order valence-electron chi connectivity index (χ0n) is 17.4. The van der Waals surface area contributed by atoms with Crippen molar-refractivity contribution in [1.82, 2.24) is 15.3 Å². The molecule has 0 aliphatic carbocycles. The maximum atomic E-state index is 13.5. The second kappa shape index (κ2) is 9.02. The van der Waals surface area contributed by atoms with E-state index >= 15 is 0 Å². The van der Waals surface area contributed by atoms with Crippen LogP contribution in [0.15, 0.2) is 48.8 Å². The van der Waals surface area contributed by atoms with Gasteiger partial charge in [0.05, 0.1) is 11.3 Å². The van der Waals surface area contributed by atoms with Crippen LogP contribution in [0.4, 0.5) is 33.7 Å². The number of rotatable bonds is 5. The molecule has 0 atom stereocenters. The van der Waals surface area contributed by atoms with Crippen LogP contribution in [0.3, 0.4) is 0 Å². The summed E-state index contributed by atoms with van der Waals surface area (Å²) >= 11 is 0. The van der Waals surface area contributed by atoms with Crippen molar-refractivity contribution in [3.8, 4) is 11.6 Å². The molecule has 1 aromatic heterocycles. The van der Waals surface area contributed by atoms with E-state index in [0.29, 0.717) is 49.0 Å². The van der Waals surface area contributed by atoms with Crippen LogP contribution >= 0.6 is 0 Å². The average Bonchev–Trinajstić information content (AvgIpc) is 3.18. The maximum absolute atomic E-state index is 13.5. The highest BCUT2D eigenvalue weighted by molar-refractivity contribution is 6.03. The molecule has 2 amide bonds. The van der Waals surface area contributed by atoms with Crippen LogP contribution in [0.25, 0.3) is 0 Å². The molecule has 0 unspecified atom stereocenters. The first-order valence-corrected chi connectivity index (χ1v) is 9.96. The van der Waals surface area contributed by atoms with Gasteiger partial charge in [-0.05, 0) is 55.4 Å². The van der Waals surface area contributed by atoms with Gasteiger partial charge >= 0.3 is 12.2 Å². The highest BCUT2D eigenvalue weighted by atomic mass is 19.4. The van der Waals surface area contributed by atoms with E-state index in [1.54, 1.807) is 31.3 Å². The lowest BCUT2D eigenvalue weighted by molar-refractivity contribution is -0.139. The van der Waals surface area contributed by atoms with Gasteiger partial charge in [-0.3, -0.25) is 4.90 Å². The standard InChI is InChI=1S/C22H19F4N5O2/c1-27-11-15-10-20(29-12-28-15)33-16-3-5-19-13(8-16)6-7-31(19)21(32)30-14-2-4-18(23)17(9-14)22(24,25)26/h2-5,8-10,12,27H,6-7,11H2,1H3,(H,30,32). The van der Waals surface area contributed by atoms with Gasteiger partial charge in [0.15, 0.2) is 0 Å². The molecular formula is C22H19F4N5O2. The number of ether oxygens (including phenoxy) is 1. The van der Waals surface area contributed by atoms with E-state index in [4.69, 9.17) is 4.74 Å². The number of carbonyl (C=O) groups is 1. The van der Waals surface area contributed by atoms with Crippen LogP contribution in [0, 0.1) is 5.82 Å². The van der Waals surface area contributed by atoms with Crippen LogP contribution in [-0.4, -0.2) is 29.6 Å². The number of hydrogen-bond donors (Lipinski definition) is 2.